The fourth-order valence-corrected chi connectivity index (χ4v) is 5.19. The Hall–Kier alpha value is -1.85. The second-order valence-corrected chi connectivity index (χ2v) is 8.72. The van der Waals surface area contributed by atoms with Gasteiger partial charge in [-0.2, -0.15) is 0 Å². The Morgan fingerprint density at radius 2 is 2.07 bits per heavy atom. The van der Waals surface area contributed by atoms with Crippen LogP contribution in [0.1, 0.15) is 47.8 Å². The van der Waals surface area contributed by atoms with Crippen LogP contribution in [0.5, 0.6) is 0 Å². The Bertz CT molecular complexity index is 787. The lowest BCUT2D eigenvalue weighted by Gasteiger charge is -2.33. The number of nitrogens with zero attached hydrogens (tertiary/aromatic N) is 2. The van der Waals surface area contributed by atoms with E-state index in [0.717, 1.165) is 42.4 Å². The molecule has 0 aliphatic carbocycles. The Kier molecular flexibility index (Phi) is 5.79. The average molecular weight is 384 g/mol. The number of hydrogen-bond acceptors (Lipinski definition) is 4. The number of piperidine rings is 1. The summed E-state index contributed by atoms with van der Waals surface area (Å²) in [5.74, 6) is 0.0606. The first-order valence-electron chi connectivity index (χ1n) is 10.2. The van der Waals surface area contributed by atoms with Crippen LogP contribution < -0.4 is 10.2 Å². The van der Waals surface area contributed by atoms with Crippen molar-refractivity contribution >= 4 is 27.9 Å². The molecule has 0 radical (unpaired) electrons. The summed E-state index contributed by atoms with van der Waals surface area (Å²) in [4.78, 5) is 18.2. The number of para-hydroxylation sites is 1. The number of carbonyl (C=O) groups excluding carboxylic acids is 1. The van der Waals surface area contributed by atoms with Crippen molar-refractivity contribution in [2.24, 2.45) is 0 Å². The van der Waals surface area contributed by atoms with Gasteiger partial charge in [0.05, 0.1) is 9.88 Å². The lowest BCUT2D eigenvalue weighted by atomic mass is 10.0. The highest BCUT2D eigenvalue weighted by Gasteiger charge is 2.22. The molecule has 4 rings (SSSR count). The van der Waals surface area contributed by atoms with Crippen molar-refractivity contribution in [1.29, 1.82) is 0 Å². The number of anilines is 2. The molecule has 0 spiro atoms. The molecule has 144 valence electrons. The van der Waals surface area contributed by atoms with E-state index in [-0.39, 0.29) is 5.91 Å². The standard InChI is InChI=1S/C22H29N3OS/c1-17-7-4-5-14-24(17)15-6-13-23-22(26)20-10-11-21(27-20)25-16-12-18-8-2-3-9-19(18)25/h2-3,8-11,17H,4-7,12-16H2,1H3,(H,23,26)/t17-/m0/s1. The maximum atomic E-state index is 12.5. The number of carbonyl (C=O) groups is 1. The van der Waals surface area contributed by atoms with E-state index in [2.05, 4.69) is 52.4 Å². The monoisotopic (exact) mass is 383 g/mol. The molecule has 1 saturated heterocycles. The second kappa shape index (κ2) is 8.44. The number of amides is 1. The normalized spacial score (nSPS) is 19.9. The van der Waals surface area contributed by atoms with Crippen LogP contribution in [0.2, 0.25) is 0 Å². The van der Waals surface area contributed by atoms with E-state index >= 15 is 0 Å². The molecule has 3 heterocycles. The predicted octanol–water partition coefficient (Wildman–Crippen LogP) is 4.44. The number of thiophene rings is 1. The molecule has 2 aromatic rings. The molecule has 1 aromatic heterocycles. The van der Waals surface area contributed by atoms with E-state index in [4.69, 9.17) is 0 Å². The quantitative estimate of drug-likeness (QED) is 0.749. The van der Waals surface area contributed by atoms with Crippen LogP contribution >= 0.6 is 11.3 Å². The number of benzene rings is 1. The van der Waals surface area contributed by atoms with Crippen LogP contribution in [0.15, 0.2) is 36.4 Å². The van der Waals surface area contributed by atoms with Gasteiger partial charge in [-0.05, 0) is 62.9 Å². The van der Waals surface area contributed by atoms with Crippen molar-refractivity contribution in [3.63, 3.8) is 0 Å². The zero-order valence-corrected chi connectivity index (χ0v) is 16.9. The number of nitrogens with one attached hydrogen (secondary N) is 1. The van der Waals surface area contributed by atoms with Crippen LogP contribution in [0.4, 0.5) is 10.7 Å². The van der Waals surface area contributed by atoms with Crippen molar-refractivity contribution in [2.75, 3.05) is 31.1 Å². The highest BCUT2D eigenvalue weighted by atomic mass is 32.1. The molecule has 0 saturated carbocycles. The van der Waals surface area contributed by atoms with Crippen LogP contribution in [0.25, 0.3) is 0 Å². The first-order valence-corrected chi connectivity index (χ1v) is 11.0. The average Bonchev–Trinajstić information content (AvgIpc) is 3.33. The summed E-state index contributed by atoms with van der Waals surface area (Å²) >= 11 is 1.59. The van der Waals surface area contributed by atoms with E-state index < -0.39 is 0 Å². The van der Waals surface area contributed by atoms with Gasteiger partial charge in [-0.1, -0.05) is 24.6 Å². The highest BCUT2D eigenvalue weighted by molar-refractivity contribution is 7.18. The Labute approximate surface area is 166 Å². The summed E-state index contributed by atoms with van der Waals surface area (Å²) in [5, 5.41) is 4.26. The molecule has 1 amide bonds. The molecule has 4 nitrogen and oxygen atoms in total. The van der Waals surface area contributed by atoms with Gasteiger partial charge < -0.3 is 15.1 Å². The van der Waals surface area contributed by atoms with Gasteiger partial charge in [0, 0.05) is 31.4 Å². The third-order valence-corrected chi connectivity index (χ3v) is 6.92. The molecule has 2 aliphatic heterocycles. The third-order valence-electron chi connectivity index (χ3n) is 5.82. The van der Waals surface area contributed by atoms with Gasteiger partial charge in [0.15, 0.2) is 0 Å². The van der Waals surface area contributed by atoms with Crippen molar-refractivity contribution in [3.8, 4) is 0 Å². The summed E-state index contributed by atoms with van der Waals surface area (Å²) in [6, 6.07) is 13.3. The molecule has 0 bridgehead atoms. The fourth-order valence-electron chi connectivity index (χ4n) is 4.22. The number of rotatable bonds is 6. The van der Waals surface area contributed by atoms with Gasteiger partial charge in [-0.15, -0.1) is 11.3 Å². The molecule has 2 aliphatic rings. The van der Waals surface area contributed by atoms with Crippen molar-refractivity contribution in [2.45, 2.75) is 45.1 Å². The molecule has 1 atom stereocenters. The predicted molar refractivity (Wildman–Crippen MR) is 113 cm³/mol. The van der Waals surface area contributed by atoms with E-state index in [1.165, 1.54) is 37.1 Å². The lowest BCUT2D eigenvalue weighted by molar-refractivity contribution is 0.0953. The fraction of sp³-hybridized carbons (Fsp3) is 0.500. The summed E-state index contributed by atoms with van der Waals surface area (Å²) in [6.45, 7) is 6.36. The van der Waals surface area contributed by atoms with Crippen LogP contribution in [0, 0.1) is 0 Å². The first-order chi connectivity index (χ1) is 13.2. The largest absolute Gasteiger partial charge is 0.351 e. The van der Waals surface area contributed by atoms with E-state index in [1.807, 2.05) is 6.07 Å². The second-order valence-electron chi connectivity index (χ2n) is 7.66. The van der Waals surface area contributed by atoms with Gasteiger partial charge in [0.1, 0.15) is 0 Å². The van der Waals surface area contributed by atoms with Crippen LogP contribution in [-0.2, 0) is 6.42 Å². The van der Waals surface area contributed by atoms with Crippen molar-refractivity contribution in [1.82, 2.24) is 10.2 Å². The summed E-state index contributed by atoms with van der Waals surface area (Å²) in [7, 11) is 0. The summed E-state index contributed by atoms with van der Waals surface area (Å²) in [5.41, 5.74) is 2.67. The minimum atomic E-state index is 0.0606. The highest BCUT2D eigenvalue weighted by Crippen LogP contribution is 2.38. The molecule has 1 aromatic carbocycles. The minimum Gasteiger partial charge on any atom is -0.351 e. The van der Waals surface area contributed by atoms with Gasteiger partial charge in [0.2, 0.25) is 0 Å². The van der Waals surface area contributed by atoms with Gasteiger partial charge in [0.25, 0.3) is 5.91 Å². The smallest absolute Gasteiger partial charge is 0.261 e. The minimum absolute atomic E-state index is 0.0606. The van der Waals surface area contributed by atoms with Crippen LogP contribution in [0.3, 0.4) is 0 Å². The van der Waals surface area contributed by atoms with Crippen LogP contribution in [-0.4, -0.2) is 43.0 Å². The zero-order chi connectivity index (χ0) is 18.6. The molecule has 0 unspecified atom stereocenters. The maximum absolute atomic E-state index is 12.5. The van der Waals surface area contributed by atoms with Gasteiger partial charge in [-0.25, -0.2) is 0 Å². The van der Waals surface area contributed by atoms with Crippen molar-refractivity contribution < 1.29 is 4.79 Å². The Balaban J connectivity index is 1.28. The number of likely N-dealkylation sites (tertiary alicyclic amines) is 1. The molecule has 5 heteroatoms. The van der Waals surface area contributed by atoms with E-state index in [9.17, 15) is 4.79 Å². The van der Waals surface area contributed by atoms with E-state index in [1.54, 1.807) is 11.3 Å². The maximum Gasteiger partial charge on any atom is 0.261 e. The molecule has 1 N–H and O–H groups in total. The van der Waals surface area contributed by atoms with E-state index in [0.29, 0.717) is 6.04 Å². The van der Waals surface area contributed by atoms with Gasteiger partial charge >= 0.3 is 0 Å². The molecular formula is C22H29N3OS. The zero-order valence-electron chi connectivity index (χ0n) is 16.1. The lowest BCUT2D eigenvalue weighted by Crippen LogP contribution is -2.39. The summed E-state index contributed by atoms with van der Waals surface area (Å²) in [6.07, 6.45) is 6.08. The molecule has 1 fully saturated rings. The summed E-state index contributed by atoms with van der Waals surface area (Å²) < 4.78 is 0. The topological polar surface area (TPSA) is 35.6 Å². The number of hydrogen-bond donors (Lipinski definition) is 1. The first kappa shape index (κ1) is 18.5. The Morgan fingerprint density at radius 1 is 1.19 bits per heavy atom. The molecular weight excluding hydrogens is 354 g/mol. The Morgan fingerprint density at radius 3 is 2.96 bits per heavy atom. The van der Waals surface area contributed by atoms with Crippen molar-refractivity contribution in [3.05, 3.63) is 46.8 Å². The number of fused-ring (bicyclic) bond motifs is 1. The molecule has 27 heavy (non-hydrogen) atoms. The van der Waals surface area contributed by atoms with Gasteiger partial charge in [-0.3, -0.25) is 4.79 Å². The SMILES string of the molecule is C[C@H]1CCCCN1CCCNC(=O)c1ccc(N2CCc3ccccc32)s1. The third kappa shape index (κ3) is 4.19.